The Morgan fingerprint density at radius 3 is 2.18 bits per heavy atom. The lowest BCUT2D eigenvalue weighted by Gasteiger charge is -2.10. The van der Waals surface area contributed by atoms with Crippen molar-refractivity contribution in [1.82, 2.24) is 0 Å². The average molecular weight is 255 g/mol. The topological polar surface area (TPSA) is 115 Å². The van der Waals surface area contributed by atoms with Gasteiger partial charge in [-0.1, -0.05) is 0 Å². The second-order valence-corrected chi connectivity index (χ2v) is 5.74. The molecule has 5 N–H and O–H groups in total. The van der Waals surface area contributed by atoms with E-state index in [0.29, 0.717) is 18.5 Å². The van der Waals surface area contributed by atoms with E-state index in [-0.39, 0.29) is 10.8 Å². The molecular weight excluding hydrogens is 242 g/mol. The summed E-state index contributed by atoms with van der Waals surface area (Å²) in [5.74, 6) is -0.249. The molecule has 0 atom stereocenters. The summed E-state index contributed by atoms with van der Waals surface area (Å²) in [5, 5.41) is 7.58. The van der Waals surface area contributed by atoms with E-state index in [1.54, 1.807) is 0 Å². The monoisotopic (exact) mass is 255 g/mol. The first-order valence-electron chi connectivity index (χ1n) is 5.04. The van der Waals surface area contributed by atoms with E-state index >= 15 is 0 Å². The van der Waals surface area contributed by atoms with Crippen LogP contribution < -0.4 is 16.2 Å². The number of carbonyl (C=O) groups excluding carboxylic acids is 1. The van der Waals surface area contributed by atoms with Gasteiger partial charge in [-0.15, -0.1) is 0 Å². The quantitative estimate of drug-likeness (QED) is 0.691. The minimum Gasteiger partial charge on any atom is -0.324 e. The zero-order valence-corrected chi connectivity index (χ0v) is 9.83. The van der Waals surface area contributed by atoms with Gasteiger partial charge in [0.1, 0.15) is 0 Å². The maximum atomic E-state index is 11.6. The number of sulfonamides is 1. The number of nitrogens with one attached hydrogen (secondary N) is 1. The van der Waals surface area contributed by atoms with E-state index in [1.165, 1.54) is 24.3 Å². The number of hydrogen-bond donors (Lipinski definition) is 3. The van der Waals surface area contributed by atoms with Crippen molar-refractivity contribution in [2.24, 2.45) is 10.9 Å². The van der Waals surface area contributed by atoms with Gasteiger partial charge in [-0.05, 0) is 37.1 Å². The van der Waals surface area contributed by atoms with Crippen LogP contribution >= 0.6 is 0 Å². The van der Waals surface area contributed by atoms with E-state index in [9.17, 15) is 13.2 Å². The lowest BCUT2D eigenvalue weighted by Crippen LogP contribution is -2.37. The number of carbonyl (C=O) groups is 1. The van der Waals surface area contributed by atoms with Crippen molar-refractivity contribution in [1.29, 1.82) is 0 Å². The number of anilines is 1. The largest absolute Gasteiger partial charge is 0.324 e. The Labute approximate surface area is 99.0 Å². The van der Waals surface area contributed by atoms with Gasteiger partial charge in [0.15, 0.2) is 0 Å². The van der Waals surface area contributed by atoms with Crippen molar-refractivity contribution in [3.8, 4) is 0 Å². The van der Waals surface area contributed by atoms with Gasteiger partial charge in [0, 0.05) is 5.69 Å². The molecule has 1 fully saturated rings. The number of benzene rings is 1. The van der Waals surface area contributed by atoms with Crippen LogP contribution in [0.25, 0.3) is 0 Å². The molecule has 0 unspecified atom stereocenters. The van der Waals surface area contributed by atoms with Crippen molar-refractivity contribution < 1.29 is 13.2 Å². The molecule has 92 valence electrons. The van der Waals surface area contributed by atoms with Gasteiger partial charge in [0.25, 0.3) is 0 Å². The molecule has 2 rings (SSSR count). The summed E-state index contributed by atoms with van der Waals surface area (Å²) in [5.41, 5.74) is 5.46. The fourth-order valence-electron chi connectivity index (χ4n) is 1.35. The van der Waals surface area contributed by atoms with Gasteiger partial charge >= 0.3 is 0 Å². The summed E-state index contributed by atoms with van der Waals surface area (Å²) in [6.45, 7) is 0. The summed E-state index contributed by atoms with van der Waals surface area (Å²) in [6.07, 6.45) is 1.35. The average Bonchev–Trinajstić information content (AvgIpc) is 2.97. The van der Waals surface area contributed by atoms with Crippen LogP contribution in [-0.4, -0.2) is 19.9 Å². The third kappa shape index (κ3) is 2.63. The summed E-state index contributed by atoms with van der Waals surface area (Å²) in [4.78, 5) is 11.6. The molecule has 1 saturated carbocycles. The summed E-state index contributed by atoms with van der Waals surface area (Å²) in [6, 6.07) is 5.62. The molecule has 0 bridgehead atoms. The number of primary sulfonamides is 1. The van der Waals surface area contributed by atoms with E-state index in [2.05, 4.69) is 5.32 Å². The van der Waals surface area contributed by atoms with Crippen LogP contribution in [0.1, 0.15) is 12.8 Å². The molecule has 0 radical (unpaired) electrons. The SMILES string of the molecule is NC1(C(=O)Nc2ccc(S(N)(=O)=O)cc2)CC1. The molecule has 1 aliphatic carbocycles. The Morgan fingerprint density at radius 2 is 1.76 bits per heavy atom. The highest BCUT2D eigenvalue weighted by Crippen LogP contribution is 2.33. The van der Waals surface area contributed by atoms with Crippen LogP contribution in [-0.2, 0) is 14.8 Å². The highest BCUT2D eigenvalue weighted by molar-refractivity contribution is 7.89. The van der Waals surface area contributed by atoms with Crippen molar-refractivity contribution in [2.45, 2.75) is 23.3 Å². The summed E-state index contributed by atoms with van der Waals surface area (Å²) in [7, 11) is -3.70. The van der Waals surface area contributed by atoms with Gasteiger partial charge in [0.05, 0.1) is 10.4 Å². The molecule has 1 aliphatic rings. The van der Waals surface area contributed by atoms with Crippen LogP contribution in [0.15, 0.2) is 29.2 Å². The second kappa shape index (κ2) is 3.80. The first-order chi connectivity index (χ1) is 7.81. The lowest BCUT2D eigenvalue weighted by atomic mass is 10.2. The maximum Gasteiger partial charge on any atom is 0.244 e. The second-order valence-electron chi connectivity index (χ2n) is 4.18. The Hall–Kier alpha value is -1.44. The predicted octanol–water partition coefficient (Wildman–Crippen LogP) is -0.236. The van der Waals surface area contributed by atoms with Crippen LogP contribution in [0.3, 0.4) is 0 Å². The highest BCUT2D eigenvalue weighted by Gasteiger charge is 2.45. The van der Waals surface area contributed by atoms with Gasteiger partial charge < -0.3 is 11.1 Å². The number of hydrogen-bond acceptors (Lipinski definition) is 4. The Balaban J connectivity index is 2.11. The minimum absolute atomic E-state index is 0.00406. The Kier molecular flexibility index (Phi) is 2.69. The predicted molar refractivity (Wildman–Crippen MR) is 62.6 cm³/mol. The molecule has 17 heavy (non-hydrogen) atoms. The third-order valence-corrected chi connectivity index (χ3v) is 3.61. The van der Waals surface area contributed by atoms with Crippen LogP contribution in [0.2, 0.25) is 0 Å². The molecule has 7 heteroatoms. The number of amides is 1. The fourth-order valence-corrected chi connectivity index (χ4v) is 1.86. The molecule has 0 aromatic heterocycles. The zero-order valence-electron chi connectivity index (χ0n) is 9.01. The van der Waals surface area contributed by atoms with E-state index in [0.717, 1.165) is 0 Å². The molecule has 0 heterocycles. The molecule has 0 aliphatic heterocycles. The van der Waals surface area contributed by atoms with E-state index in [1.807, 2.05) is 0 Å². The fraction of sp³-hybridized carbons (Fsp3) is 0.300. The van der Waals surface area contributed by atoms with E-state index in [4.69, 9.17) is 10.9 Å². The summed E-state index contributed by atoms with van der Waals surface area (Å²) >= 11 is 0. The Morgan fingerprint density at radius 1 is 1.24 bits per heavy atom. The highest BCUT2D eigenvalue weighted by atomic mass is 32.2. The van der Waals surface area contributed by atoms with Crippen LogP contribution in [0.4, 0.5) is 5.69 Å². The number of nitrogens with two attached hydrogens (primary N) is 2. The smallest absolute Gasteiger partial charge is 0.244 e. The standard InChI is InChI=1S/C10H13N3O3S/c11-10(5-6-10)9(14)13-7-1-3-8(4-2-7)17(12,15)16/h1-4H,5-6,11H2,(H,13,14)(H2,12,15,16). The van der Waals surface area contributed by atoms with Crippen LogP contribution in [0.5, 0.6) is 0 Å². The van der Waals surface area contributed by atoms with Crippen molar-refractivity contribution >= 4 is 21.6 Å². The van der Waals surface area contributed by atoms with Gasteiger partial charge in [-0.3, -0.25) is 4.79 Å². The first-order valence-corrected chi connectivity index (χ1v) is 6.59. The molecule has 6 nitrogen and oxygen atoms in total. The molecule has 1 amide bonds. The molecule has 0 spiro atoms. The van der Waals surface area contributed by atoms with E-state index < -0.39 is 15.6 Å². The molecule has 1 aromatic rings. The van der Waals surface area contributed by atoms with Gasteiger partial charge in [-0.25, -0.2) is 13.6 Å². The third-order valence-electron chi connectivity index (χ3n) is 2.68. The molecular formula is C10H13N3O3S. The summed E-state index contributed by atoms with van der Waals surface area (Å²) < 4.78 is 22.0. The molecule has 1 aromatic carbocycles. The normalized spacial score (nSPS) is 17.5. The maximum absolute atomic E-state index is 11.6. The van der Waals surface area contributed by atoms with Crippen molar-refractivity contribution in [3.63, 3.8) is 0 Å². The minimum atomic E-state index is -3.70. The Bertz CT molecular complexity index is 547. The molecule has 0 saturated heterocycles. The number of rotatable bonds is 3. The van der Waals surface area contributed by atoms with Crippen molar-refractivity contribution in [2.75, 3.05) is 5.32 Å². The zero-order chi connectivity index (χ0) is 12.7. The van der Waals surface area contributed by atoms with Gasteiger partial charge in [0.2, 0.25) is 15.9 Å². The first kappa shape index (κ1) is 12.0. The van der Waals surface area contributed by atoms with Gasteiger partial charge in [-0.2, -0.15) is 0 Å². The van der Waals surface area contributed by atoms with Crippen molar-refractivity contribution in [3.05, 3.63) is 24.3 Å². The van der Waals surface area contributed by atoms with Crippen LogP contribution in [0, 0.1) is 0 Å². The lowest BCUT2D eigenvalue weighted by molar-refractivity contribution is -0.118.